The maximum Gasteiger partial charge on any atom is 0.224 e. The summed E-state index contributed by atoms with van der Waals surface area (Å²) in [5.74, 6) is 1.44. The normalized spacial score (nSPS) is 10.4. The van der Waals surface area contributed by atoms with Crippen molar-refractivity contribution >= 4 is 11.6 Å². The van der Waals surface area contributed by atoms with Crippen LogP contribution in [-0.2, 0) is 17.6 Å². The number of hydrogen-bond donors (Lipinski definition) is 1. The summed E-state index contributed by atoms with van der Waals surface area (Å²) >= 11 is 0. The molecular weight excluding hydrogens is 314 g/mol. The van der Waals surface area contributed by atoms with Crippen LogP contribution >= 0.6 is 0 Å². The molecule has 4 nitrogen and oxygen atoms in total. The number of carbonyl (C=O) groups is 1. The Morgan fingerprint density at radius 3 is 2.20 bits per heavy atom. The molecular formula is C21H27NO3. The van der Waals surface area contributed by atoms with Gasteiger partial charge < -0.3 is 14.8 Å². The van der Waals surface area contributed by atoms with Crippen LogP contribution in [0.1, 0.15) is 37.8 Å². The summed E-state index contributed by atoms with van der Waals surface area (Å²) in [4.78, 5) is 12.3. The van der Waals surface area contributed by atoms with E-state index in [-0.39, 0.29) is 5.91 Å². The van der Waals surface area contributed by atoms with Gasteiger partial charge in [0.2, 0.25) is 5.91 Å². The van der Waals surface area contributed by atoms with E-state index in [1.807, 2.05) is 24.3 Å². The van der Waals surface area contributed by atoms with Gasteiger partial charge in [0, 0.05) is 12.1 Å². The van der Waals surface area contributed by atoms with Gasteiger partial charge in [-0.1, -0.05) is 44.2 Å². The maximum absolute atomic E-state index is 12.3. The Morgan fingerprint density at radius 2 is 1.60 bits per heavy atom. The summed E-state index contributed by atoms with van der Waals surface area (Å²) < 4.78 is 11.0. The smallest absolute Gasteiger partial charge is 0.224 e. The lowest BCUT2D eigenvalue weighted by Gasteiger charge is -2.14. The SMILES string of the molecule is CCc1cccc(CC)c1NC(=O)CCCOc1ccccc1OC. The number of anilines is 1. The minimum atomic E-state index is 0.0271. The molecule has 2 aromatic rings. The Labute approximate surface area is 150 Å². The second-order valence-electron chi connectivity index (χ2n) is 5.81. The van der Waals surface area contributed by atoms with Crippen molar-refractivity contribution < 1.29 is 14.3 Å². The van der Waals surface area contributed by atoms with Crippen molar-refractivity contribution in [2.75, 3.05) is 19.0 Å². The fourth-order valence-corrected chi connectivity index (χ4v) is 2.76. The molecule has 0 aliphatic carbocycles. The lowest BCUT2D eigenvalue weighted by Crippen LogP contribution is -2.15. The molecule has 0 unspecified atom stereocenters. The largest absolute Gasteiger partial charge is 0.493 e. The number of para-hydroxylation sites is 3. The van der Waals surface area contributed by atoms with Crippen molar-refractivity contribution in [1.29, 1.82) is 0 Å². The van der Waals surface area contributed by atoms with Crippen LogP contribution in [0.2, 0.25) is 0 Å². The molecule has 0 atom stereocenters. The standard InChI is InChI=1S/C21H27NO3/c1-4-16-10-8-11-17(5-2)21(16)22-20(23)14-9-15-25-19-13-7-6-12-18(19)24-3/h6-8,10-13H,4-5,9,14-15H2,1-3H3,(H,22,23). The molecule has 1 N–H and O–H groups in total. The maximum atomic E-state index is 12.3. The molecule has 0 aliphatic heterocycles. The summed E-state index contributed by atoms with van der Waals surface area (Å²) in [5, 5.41) is 3.08. The predicted octanol–water partition coefficient (Wildman–Crippen LogP) is 4.62. The van der Waals surface area contributed by atoms with Crippen molar-refractivity contribution in [3.05, 3.63) is 53.6 Å². The molecule has 2 aromatic carbocycles. The third-order valence-corrected chi connectivity index (χ3v) is 4.14. The Bertz CT molecular complexity index is 675. The number of methoxy groups -OCH3 is 1. The second-order valence-corrected chi connectivity index (χ2v) is 5.81. The number of rotatable bonds is 9. The average molecular weight is 341 g/mol. The number of hydrogen-bond acceptors (Lipinski definition) is 3. The first kappa shape index (κ1) is 18.8. The molecule has 0 saturated heterocycles. The molecule has 0 aliphatic rings. The molecule has 2 rings (SSSR count). The minimum Gasteiger partial charge on any atom is -0.493 e. The van der Waals surface area contributed by atoms with Crippen LogP contribution in [0.3, 0.4) is 0 Å². The topological polar surface area (TPSA) is 47.6 Å². The molecule has 25 heavy (non-hydrogen) atoms. The molecule has 0 aromatic heterocycles. The van der Waals surface area contributed by atoms with E-state index in [2.05, 4.69) is 37.4 Å². The summed E-state index contributed by atoms with van der Waals surface area (Å²) in [6.45, 7) is 4.68. The van der Waals surface area contributed by atoms with Crippen molar-refractivity contribution in [3.8, 4) is 11.5 Å². The average Bonchev–Trinajstić information content (AvgIpc) is 2.65. The summed E-state index contributed by atoms with van der Waals surface area (Å²) in [6, 6.07) is 13.7. The molecule has 0 bridgehead atoms. The van der Waals surface area contributed by atoms with Gasteiger partial charge in [0.25, 0.3) is 0 Å². The number of aryl methyl sites for hydroxylation is 2. The quantitative estimate of drug-likeness (QED) is 0.677. The number of ether oxygens (including phenoxy) is 2. The summed E-state index contributed by atoms with van der Waals surface area (Å²) in [5.41, 5.74) is 3.33. The van der Waals surface area contributed by atoms with Gasteiger partial charge in [0.15, 0.2) is 11.5 Å². The van der Waals surface area contributed by atoms with Gasteiger partial charge in [-0.2, -0.15) is 0 Å². The zero-order chi connectivity index (χ0) is 18.1. The van der Waals surface area contributed by atoms with E-state index in [0.717, 1.165) is 18.5 Å². The number of nitrogens with one attached hydrogen (secondary N) is 1. The predicted molar refractivity (Wildman–Crippen MR) is 102 cm³/mol. The Balaban J connectivity index is 1.85. The van der Waals surface area contributed by atoms with Crippen LogP contribution in [0, 0.1) is 0 Å². The van der Waals surface area contributed by atoms with Gasteiger partial charge in [0.05, 0.1) is 13.7 Å². The first-order chi connectivity index (χ1) is 12.2. The van der Waals surface area contributed by atoms with Crippen LogP contribution in [0.15, 0.2) is 42.5 Å². The highest BCUT2D eigenvalue weighted by Gasteiger charge is 2.10. The Morgan fingerprint density at radius 1 is 0.960 bits per heavy atom. The summed E-state index contributed by atoms with van der Waals surface area (Å²) in [6.07, 6.45) is 2.89. The zero-order valence-electron chi connectivity index (χ0n) is 15.3. The van der Waals surface area contributed by atoms with Crippen LogP contribution in [-0.4, -0.2) is 19.6 Å². The van der Waals surface area contributed by atoms with Crippen molar-refractivity contribution in [1.82, 2.24) is 0 Å². The van der Waals surface area contributed by atoms with Gasteiger partial charge in [-0.15, -0.1) is 0 Å². The Hall–Kier alpha value is -2.49. The van der Waals surface area contributed by atoms with Crippen LogP contribution in [0.5, 0.6) is 11.5 Å². The highest BCUT2D eigenvalue weighted by atomic mass is 16.5. The fraction of sp³-hybridized carbons (Fsp3) is 0.381. The first-order valence-corrected chi connectivity index (χ1v) is 8.86. The number of amides is 1. The van der Waals surface area contributed by atoms with Gasteiger partial charge in [-0.25, -0.2) is 0 Å². The van der Waals surface area contributed by atoms with Crippen LogP contribution in [0.25, 0.3) is 0 Å². The zero-order valence-corrected chi connectivity index (χ0v) is 15.3. The molecule has 0 spiro atoms. The van der Waals surface area contributed by atoms with E-state index in [1.54, 1.807) is 7.11 Å². The number of benzene rings is 2. The van der Waals surface area contributed by atoms with Crippen LogP contribution < -0.4 is 14.8 Å². The van der Waals surface area contributed by atoms with Crippen molar-refractivity contribution in [2.45, 2.75) is 39.5 Å². The van der Waals surface area contributed by atoms with Crippen molar-refractivity contribution in [3.63, 3.8) is 0 Å². The van der Waals surface area contributed by atoms with E-state index in [9.17, 15) is 4.79 Å². The molecule has 0 saturated carbocycles. The lowest BCUT2D eigenvalue weighted by molar-refractivity contribution is -0.116. The highest BCUT2D eigenvalue weighted by Crippen LogP contribution is 2.26. The van der Waals surface area contributed by atoms with E-state index < -0.39 is 0 Å². The molecule has 0 fully saturated rings. The Kier molecular flexibility index (Phi) is 7.33. The molecule has 4 heteroatoms. The molecule has 0 radical (unpaired) electrons. The van der Waals surface area contributed by atoms with Gasteiger partial charge in [0.1, 0.15) is 0 Å². The van der Waals surface area contributed by atoms with Gasteiger partial charge in [-0.05, 0) is 42.5 Å². The van der Waals surface area contributed by atoms with Gasteiger partial charge in [-0.3, -0.25) is 4.79 Å². The summed E-state index contributed by atoms with van der Waals surface area (Å²) in [7, 11) is 1.62. The third-order valence-electron chi connectivity index (χ3n) is 4.14. The van der Waals surface area contributed by atoms with Crippen LogP contribution in [0.4, 0.5) is 5.69 Å². The fourth-order valence-electron chi connectivity index (χ4n) is 2.76. The monoisotopic (exact) mass is 341 g/mol. The molecule has 134 valence electrons. The molecule has 1 amide bonds. The van der Waals surface area contributed by atoms with E-state index >= 15 is 0 Å². The second kappa shape index (κ2) is 9.72. The van der Waals surface area contributed by atoms with Gasteiger partial charge >= 0.3 is 0 Å². The minimum absolute atomic E-state index is 0.0271. The first-order valence-electron chi connectivity index (χ1n) is 8.86. The number of carbonyl (C=O) groups excluding carboxylic acids is 1. The third kappa shape index (κ3) is 5.24. The van der Waals surface area contributed by atoms with E-state index in [1.165, 1.54) is 11.1 Å². The molecule has 0 heterocycles. The van der Waals surface area contributed by atoms with E-state index in [0.29, 0.717) is 30.9 Å². The van der Waals surface area contributed by atoms with Crippen molar-refractivity contribution in [2.24, 2.45) is 0 Å². The van der Waals surface area contributed by atoms with E-state index in [4.69, 9.17) is 9.47 Å². The lowest BCUT2D eigenvalue weighted by atomic mass is 10.0. The highest BCUT2D eigenvalue weighted by molar-refractivity contribution is 5.92.